The maximum Gasteiger partial charge on any atom is 0.222 e. The number of nitrogens with two attached hydrogens (primary N) is 1. The van der Waals surface area contributed by atoms with Crippen LogP contribution in [0.1, 0.15) is 0 Å². The van der Waals surface area contributed by atoms with Crippen LogP contribution in [0, 0.1) is 0 Å². The van der Waals surface area contributed by atoms with Crippen molar-refractivity contribution in [2.45, 2.75) is 0 Å². The molecule has 2 aromatic rings. The van der Waals surface area contributed by atoms with E-state index in [2.05, 4.69) is 5.16 Å². The molecule has 2 N–H and O–H groups in total. The van der Waals surface area contributed by atoms with Gasteiger partial charge in [0.05, 0.1) is 10.7 Å². The van der Waals surface area contributed by atoms with E-state index in [9.17, 15) is 0 Å². The number of anilines is 2. The largest absolute Gasteiger partial charge is 0.376 e. The van der Waals surface area contributed by atoms with Gasteiger partial charge in [-0.05, 0) is 12.1 Å². The van der Waals surface area contributed by atoms with Crippen molar-refractivity contribution in [3.63, 3.8) is 0 Å². The van der Waals surface area contributed by atoms with Gasteiger partial charge in [0.1, 0.15) is 5.69 Å². The number of hydrogen-bond donors (Lipinski definition) is 1. The Hall–Kier alpha value is -1.68. The molecule has 0 radical (unpaired) electrons. The highest BCUT2D eigenvalue weighted by Crippen LogP contribution is 2.30. The molecule has 0 atom stereocenters. The van der Waals surface area contributed by atoms with Crippen LogP contribution in [0.25, 0.3) is 11.3 Å². The predicted octanol–water partition coefficient (Wildman–Crippen LogP) is 2.64. The molecule has 0 aliphatic carbocycles. The van der Waals surface area contributed by atoms with Gasteiger partial charge in [-0.1, -0.05) is 22.8 Å². The maximum atomic E-state index is 6.15. The predicted molar refractivity (Wildman–Crippen MR) is 65.7 cm³/mol. The van der Waals surface area contributed by atoms with Crippen LogP contribution in [0.4, 0.5) is 11.6 Å². The minimum Gasteiger partial charge on any atom is -0.376 e. The Balaban J connectivity index is 2.42. The Labute approximate surface area is 98.6 Å². The summed E-state index contributed by atoms with van der Waals surface area (Å²) in [7, 11) is 3.88. The lowest BCUT2D eigenvalue weighted by Gasteiger charge is -2.14. The molecule has 0 saturated heterocycles. The second kappa shape index (κ2) is 4.06. The monoisotopic (exact) mass is 237 g/mol. The molecular formula is C11H12ClN3O. The third-order valence-corrected chi connectivity index (χ3v) is 2.56. The minimum atomic E-state index is 0.294. The zero-order valence-electron chi connectivity index (χ0n) is 9.07. The molecule has 1 aromatic carbocycles. The molecule has 0 saturated carbocycles. The molecule has 0 unspecified atom stereocenters. The average Bonchev–Trinajstić information content (AvgIpc) is 2.64. The highest BCUT2D eigenvalue weighted by molar-refractivity contribution is 6.33. The number of halogens is 1. The van der Waals surface area contributed by atoms with E-state index in [1.54, 1.807) is 6.07 Å². The van der Waals surface area contributed by atoms with Crippen LogP contribution in [0.2, 0.25) is 5.02 Å². The van der Waals surface area contributed by atoms with Gasteiger partial charge in [-0.25, -0.2) is 0 Å². The van der Waals surface area contributed by atoms with Crippen molar-refractivity contribution < 1.29 is 4.52 Å². The van der Waals surface area contributed by atoms with Crippen LogP contribution in [-0.2, 0) is 0 Å². The summed E-state index contributed by atoms with van der Waals surface area (Å²) in [6.07, 6.45) is 0. The second-order valence-electron chi connectivity index (χ2n) is 3.68. The molecule has 5 heteroatoms. The molecule has 0 spiro atoms. The van der Waals surface area contributed by atoms with Crippen LogP contribution in [0.3, 0.4) is 0 Å². The van der Waals surface area contributed by atoms with Crippen molar-refractivity contribution in [3.05, 3.63) is 29.3 Å². The molecule has 2 rings (SSSR count). The van der Waals surface area contributed by atoms with Crippen molar-refractivity contribution in [3.8, 4) is 11.3 Å². The van der Waals surface area contributed by atoms with Crippen molar-refractivity contribution in [2.75, 3.05) is 24.7 Å². The van der Waals surface area contributed by atoms with Gasteiger partial charge < -0.3 is 15.2 Å². The van der Waals surface area contributed by atoms with E-state index in [4.69, 9.17) is 21.9 Å². The summed E-state index contributed by atoms with van der Waals surface area (Å²) in [4.78, 5) is 1.95. The Kier molecular flexibility index (Phi) is 2.75. The highest BCUT2D eigenvalue weighted by atomic mass is 35.5. The molecule has 4 nitrogen and oxygen atoms in total. The van der Waals surface area contributed by atoms with Gasteiger partial charge in [-0.15, -0.1) is 0 Å². The summed E-state index contributed by atoms with van der Waals surface area (Å²) in [6, 6.07) is 7.37. The molecule has 0 fully saturated rings. The summed E-state index contributed by atoms with van der Waals surface area (Å²) < 4.78 is 4.81. The Bertz CT molecular complexity index is 508. The third-order valence-electron chi connectivity index (χ3n) is 2.25. The number of hydrogen-bond acceptors (Lipinski definition) is 4. The van der Waals surface area contributed by atoms with Gasteiger partial charge in [0.15, 0.2) is 0 Å². The lowest BCUT2D eigenvalue weighted by Crippen LogP contribution is -2.08. The van der Waals surface area contributed by atoms with Crippen molar-refractivity contribution in [1.29, 1.82) is 0 Å². The molecule has 0 aliphatic rings. The Morgan fingerprint density at radius 2 is 2.06 bits per heavy atom. The van der Waals surface area contributed by atoms with Gasteiger partial charge in [0.2, 0.25) is 5.88 Å². The standard InChI is InChI=1S/C11H12ClN3O/c1-15(2)10-4-3-7(5-8(10)12)9-6-11(13)16-14-9/h3-6H,13H2,1-2H3. The smallest absolute Gasteiger partial charge is 0.222 e. The number of nitrogens with zero attached hydrogens (tertiary/aromatic N) is 2. The molecule has 0 amide bonds. The molecule has 16 heavy (non-hydrogen) atoms. The van der Waals surface area contributed by atoms with Crippen molar-refractivity contribution in [2.24, 2.45) is 0 Å². The van der Waals surface area contributed by atoms with Gasteiger partial charge >= 0.3 is 0 Å². The maximum absolute atomic E-state index is 6.15. The second-order valence-corrected chi connectivity index (χ2v) is 4.08. The van der Waals surface area contributed by atoms with Crippen LogP contribution in [0.5, 0.6) is 0 Å². The van der Waals surface area contributed by atoms with Gasteiger partial charge in [-0.3, -0.25) is 0 Å². The minimum absolute atomic E-state index is 0.294. The molecule has 1 aromatic heterocycles. The average molecular weight is 238 g/mol. The van der Waals surface area contributed by atoms with Gasteiger partial charge in [0.25, 0.3) is 0 Å². The van der Waals surface area contributed by atoms with Crippen molar-refractivity contribution >= 4 is 23.2 Å². The number of rotatable bonds is 2. The van der Waals surface area contributed by atoms with E-state index in [1.807, 2.05) is 37.2 Å². The fourth-order valence-corrected chi connectivity index (χ4v) is 1.80. The van der Waals surface area contributed by atoms with Crippen LogP contribution in [-0.4, -0.2) is 19.3 Å². The summed E-state index contributed by atoms with van der Waals surface area (Å²) >= 11 is 6.15. The third kappa shape index (κ3) is 1.97. The first-order valence-corrected chi connectivity index (χ1v) is 5.15. The molecular weight excluding hydrogens is 226 g/mol. The zero-order valence-corrected chi connectivity index (χ0v) is 9.82. The molecule has 0 aliphatic heterocycles. The molecule has 1 heterocycles. The summed E-state index contributed by atoms with van der Waals surface area (Å²) in [5.74, 6) is 0.294. The molecule has 84 valence electrons. The fourth-order valence-electron chi connectivity index (χ4n) is 1.45. The lowest BCUT2D eigenvalue weighted by atomic mass is 10.1. The van der Waals surface area contributed by atoms with E-state index in [0.717, 1.165) is 11.3 Å². The van der Waals surface area contributed by atoms with Crippen LogP contribution in [0.15, 0.2) is 28.8 Å². The van der Waals surface area contributed by atoms with Gasteiger partial charge in [-0.2, -0.15) is 0 Å². The van der Waals surface area contributed by atoms with E-state index < -0.39 is 0 Å². The number of aromatic nitrogens is 1. The number of nitrogen functional groups attached to an aromatic ring is 1. The Morgan fingerprint density at radius 3 is 2.56 bits per heavy atom. The highest BCUT2D eigenvalue weighted by Gasteiger charge is 2.08. The normalized spacial score (nSPS) is 10.4. The fraction of sp³-hybridized carbons (Fsp3) is 0.182. The summed E-state index contributed by atoms with van der Waals surface area (Å²) in [6.45, 7) is 0. The molecule has 0 bridgehead atoms. The SMILES string of the molecule is CN(C)c1ccc(-c2cc(N)on2)cc1Cl. The quantitative estimate of drug-likeness (QED) is 0.873. The first kappa shape index (κ1) is 10.8. The summed E-state index contributed by atoms with van der Waals surface area (Å²) in [5.41, 5.74) is 7.99. The zero-order chi connectivity index (χ0) is 11.7. The first-order chi connectivity index (χ1) is 7.58. The summed E-state index contributed by atoms with van der Waals surface area (Å²) in [5, 5.41) is 4.50. The van der Waals surface area contributed by atoms with Crippen LogP contribution < -0.4 is 10.6 Å². The van der Waals surface area contributed by atoms with E-state index in [0.29, 0.717) is 16.6 Å². The van der Waals surface area contributed by atoms with Crippen molar-refractivity contribution in [1.82, 2.24) is 5.16 Å². The Morgan fingerprint density at radius 1 is 1.31 bits per heavy atom. The number of benzene rings is 1. The van der Waals surface area contributed by atoms with Gasteiger partial charge in [0, 0.05) is 25.7 Å². The lowest BCUT2D eigenvalue weighted by molar-refractivity contribution is 0.439. The first-order valence-electron chi connectivity index (χ1n) is 4.77. The van der Waals surface area contributed by atoms with E-state index in [-0.39, 0.29) is 0 Å². The van der Waals surface area contributed by atoms with Crippen LogP contribution >= 0.6 is 11.6 Å². The van der Waals surface area contributed by atoms with E-state index >= 15 is 0 Å². The topological polar surface area (TPSA) is 55.3 Å². The van der Waals surface area contributed by atoms with E-state index in [1.165, 1.54) is 0 Å².